The van der Waals surface area contributed by atoms with Gasteiger partial charge in [-0.25, -0.2) is 4.79 Å². The lowest BCUT2D eigenvalue weighted by molar-refractivity contribution is 0.0697. The molecule has 1 N–H and O–H groups in total. The molecule has 0 unspecified atom stereocenters. The molecule has 0 aliphatic heterocycles. The first-order chi connectivity index (χ1) is 8.02. The highest BCUT2D eigenvalue weighted by Crippen LogP contribution is 2.13. The third kappa shape index (κ3) is 1.77. The Labute approximate surface area is 96.5 Å². The van der Waals surface area contributed by atoms with E-state index in [0.717, 1.165) is 0 Å². The fourth-order valence-electron chi connectivity index (χ4n) is 1.64. The van der Waals surface area contributed by atoms with Crippen LogP contribution in [0.2, 0.25) is 0 Å². The van der Waals surface area contributed by atoms with Crippen molar-refractivity contribution in [2.45, 2.75) is 19.9 Å². The van der Waals surface area contributed by atoms with E-state index in [1.165, 1.54) is 23.0 Å². The number of hydrogen-bond acceptors (Lipinski definition) is 4. The lowest BCUT2D eigenvalue weighted by Crippen LogP contribution is -2.24. The maximum absolute atomic E-state index is 12.0. The zero-order valence-electron chi connectivity index (χ0n) is 9.41. The molecule has 17 heavy (non-hydrogen) atoms. The SMILES string of the molecule is CC(C)n1cc(C(=O)O)c2nnccc2c1=O. The Kier molecular flexibility index (Phi) is 2.63. The van der Waals surface area contributed by atoms with Crippen molar-refractivity contribution < 1.29 is 9.90 Å². The van der Waals surface area contributed by atoms with Crippen LogP contribution in [0, 0.1) is 0 Å². The Morgan fingerprint density at radius 2 is 2.18 bits per heavy atom. The summed E-state index contributed by atoms with van der Waals surface area (Å²) in [5.41, 5.74) is -0.141. The number of nitrogens with zero attached hydrogens (tertiary/aromatic N) is 3. The maximum atomic E-state index is 12.0. The van der Waals surface area contributed by atoms with Gasteiger partial charge in [0.25, 0.3) is 5.56 Å². The van der Waals surface area contributed by atoms with Gasteiger partial charge in [0, 0.05) is 12.2 Å². The number of aromatic nitrogens is 3. The summed E-state index contributed by atoms with van der Waals surface area (Å²) in [6.45, 7) is 3.63. The summed E-state index contributed by atoms with van der Waals surface area (Å²) in [6, 6.07) is 1.37. The molecule has 6 nitrogen and oxygen atoms in total. The molecule has 0 amide bonds. The summed E-state index contributed by atoms with van der Waals surface area (Å²) < 4.78 is 1.38. The molecule has 6 heteroatoms. The molecular formula is C11H11N3O3. The van der Waals surface area contributed by atoms with Gasteiger partial charge in [-0.05, 0) is 19.9 Å². The number of carboxylic acids is 1. The number of carboxylic acid groups (broad SMARTS) is 1. The maximum Gasteiger partial charge on any atom is 0.339 e. The first-order valence-electron chi connectivity index (χ1n) is 5.12. The van der Waals surface area contributed by atoms with Gasteiger partial charge in [-0.1, -0.05) is 0 Å². The van der Waals surface area contributed by atoms with Crippen LogP contribution in [0.15, 0.2) is 23.3 Å². The molecule has 88 valence electrons. The Hall–Kier alpha value is -2.24. The van der Waals surface area contributed by atoms with Crippen LogP contribution in [0.3, 0.4) is 0 Å². The van der Waals surface area contributed by atoms with E-state index in [1.807, 2.05) is 13.8 Å². The fourth-order valence-corrected chi connectivity index (χ4v) is 1.64. The third-order valence-electron chi connectivity index (χ3n) is 2.50. The molecule has 2 heterocycles. The second-order valence-corrected chi connectivity index (χ2v) is 3.95. The van der Waals surface area contributed by atoms with Crippen molar-refractivity contribution in [1.29, 1.82) is 0 Å². The van der Waals surface area contributed by atoms with Crippen molar-refractivity contribution in [2.75, 3.05) is 0 Å². The summed E-state index contributed by atoms with van der Waals surface area (Å²) in [5.74, 6) is -1.12. The van der Waals surface area contributed by atoms with E-state index in [1.54, 1.807) is 0 Å². The van der Waals surface area contributed by atoms with Gasteiger partial charge in [0.05, 0.1) is 11.6 Å². The zero-order chi connectivity index (χ0) is 12.6. The van der Waals surface area contributed by atoms with E-state index in [-0.39, 0.29) is 28.1 Å². The smallest absolute Gasteiger partial charge is 0.339 e. The summed E-state index contributed by atoms with van der Waals surface area (Å²) >= 11 is 0. The van der Waals surface area contributed by atoms with Crippen molar-refractivity contribution in [3.05, 3.63) is 34.4 Å². The molecule has 0 radical (unpaired) electrons. The van der Waals surface area contributed by atoms with Crippen LogP contribution in [-0.2, 0) is 0 Å². The minimum atomic E-state index is -1.12. The molecule has 0 bridgehead atoms. The average molecular weight is 233 g/mol. The Morgan fingerprint density at radius 3 is 2.76 bits per heavy atom. The summed E-state index contributed by atoms with van der Waals surface area (Å²) in [4.78, 5) is 23.2. The second-order valence-electron chi connectivity index (χ2n) is 3.95. The average Bonchev–Trinajstić information content (AvgIpc) is 2.29. The molecule has 0 saturated carbocycles. The molecule has 2 aromatic heterocycles. The largest absolute Gasteiger partial charge is 0.478 e. The van der Waals surface area contributed by atoms with Gasteiger partial charge in [0.2, 0.25) is 0 Å². The van der Waals surface area contributed by atoms with Crippen LogP contribution in [-0.4, -0.2) is 25.8 Å². The molecular weight excluding hydrogens is 222 g/mol. The van der Waals surface area contributed by atoms with Crippen LogP contribution >= 0.6 is 0 Å². The monoisotopic (exact) mass is 233 g/mol. The fraction of sp³-hybridized carbons (Fsp3) is 0.273. The van der Waals surface area contributed by atoms with E-state index in [4.69, 9.17) is 5.11 Å². The Morgan fingerprint density at radius 1 is 1.47 bits per heavy atom. The van der Waals surface area contributed by atoms with Gasteiger partial charge >= 0.3 is 5.97 Å². The quantitative estimate of drug-likeness (QED) is 0.838. The van der Waals surface area contributed by atoms with Crippen molar-refractivity contribution in [3.8, 4) is 0 Å². The van der Waals surface area contributed by atoms with Gasteiger partial charge in [-0.15, -0.1) is 5.10 Å². The number of rotatable bonds is 2. The number of hydrogen-bond donors (Lipinski definition) is 1. The predicted octanol–water partition coefficient (Wildman–Crippen LogP) is 1.07. The summed E-state index contributed by atoms with van der Waals surface area (Å²) in [6.07, 6.45) is 2.69. The van der Waals surface area contributed by atoms with Crippen molar-refractivity contribution >= 4 is 16.9 Å². The van der Waals surface area contributed by atoms with Crippen LogP contribution in [0.5, 0.6) is 0 Å². The van der Waals surface area contributed by atoms with E-state index >= 15 is 0 Å². The summed E-state index contributed by atoms with van der Waals surface area (Å²) in [7, 11) is 0. The van der Waals surface area contributed by atoms with E-state index < -0.39 is 5.97 Å². The summed E-state index contributed by atoms with van der Waals surface area (Å²) in [5, 5.41) is 16.7. The molecule has 0 aliphatic carbocycles. The van der Waals surface area contributed by atoms with Gasteiger partial charge in [-0.2, -0.15) is 5.10 Å². The van der Waals surface area contributed by atoms with Crippen LogP contribution in [0.1, 0.15) is 30.2 Å². The number of carbonyl (C=O) groups is 1. The van der Waals surface area contributed by atoms with Gasteiger partial charge in [-0.3, -0.25) is 4.79 Å². The molecule has 0 saturated heterocycles. The number of aromatic carboxylic acids is 1. The lowest BCUT2D eigenvalue weighted by Gasteiger charge is -2.11. The zero-order valence-corrected chi connectivity index (χ0v) is 9.41. The highest BCUT2D eigenvalue weighted by Gasteiger charge is 2.16. The Balaban J connectivity index is 2.95. The first kappa shape index (κ1) is 11.3. The van der Waals surface area contributed by atoms with Crippen LogP contribution in [0.4, 0.5) is 0 Å². The topological polar surface area (TPSA) is 85.1 Å². The molecule has 0 spiro atoms. The third-order valence-corrected chi connectivity index (χ3v) is 2.50. The Bertz CT molecular complexity index is 646. The van der Waals surface area contributed by atoms with E-state index in [2.05, 4.69) is 10.2 Å². The van der Waals surface area contributed by atoms with E-state index in [0.29, 0.717) is 0 Å². The number of fused-ring (bicyclic) bond motifs is 1. The first-order valence-corrected chi connectivity index (χ1v) is 5.12. The minimum Gasteiger partial charge on any atom is -0.478 e. The van der Waals surface area contributed by atoms with Crippen molar-refractivity contribution in [2.24, 2.45) is 0 Å². The second kappa shape index (κ2) is 3.97. The van der Waals surface area contributed by atoms with Crippen LogP contribution in [0.25, 0.3) is 10.9 Å². The van der Waals surface area contributed by atoms with Crippen molar-refractivity contribution in [3.63, 3.8) is 0 Å². The molecule has 0 atom stereocenters. The highest BCUT2D eigenvalue weighted by atomic mass is 16.4. The molecule has 0 fully saturated rings. The van der Waals surface area contributed by atoms with Crippen LogP contribution < -0.4 is 5.56 Å². The molecule has 0 aliphatic rings. The van der Waals surface area contributed by atoms with Crippen molar-refractivity contribution in [1.82, 2.24) is 14.8 Å². The standard InChI is InChI=1S/C11H11N3O3/c1-6(2)14-5-8(11(16)17)9-7(10(14)15)3-4-12-13-9/h3-6H,1-2H3,(H,16,17). The number of pyridine rings is 1. The highest BCUT2D eigenvalue weighted by molar-refractivity contribution is 6.00. The van der Waals surface area contributed by atoms with Gasteiger partial charge < -0.3 is 9.67 Å². The van der Waals surface area contributed by atoms with E-state index in [9.17, 15) is 9.59 Å². The van der Waals surface area contributed by atoms with Gasteiger partial charge in [0.15, 0.2) is 0 Å². The predicted molar refractivity (Wildman–Crippen MR) is 61.1 cm³/mol. The minimum absolute atomic E-state index is 0.0126. The normalized spacial score (nSPS) is 11.0. The molecule has 2 rings (SSSR count). The molecule has 0 aromatic carbocycles. The molecule has 2 aromatic rings. The lowest BCUT2D eigenvalue weighted by atomic mass is 10.2. The van der Waals surface area contributed by atoms with Gasteiger partial charge in [0.1, 0.15) is 11.1 Å².